The Bertz CT molecular complexity index is 1170. The Morgan fingerprint density at radius 3 is 2.33 bits per heavy atom. The first kappa shape index (κ1) is 23.7. The normalized spacial score (nSPS) is 11.0. The standard InChI is InChI=1S/C24H21ClFN3O4/c1-15(28-29-24(31)23(30)27-20-10-6-18(25)7-11-20)17-5-12-21(22(13-17)32-2)33-14-16-3-8-19(26)9-4-16/h3-13H,14H2,1-2H3,(H,27,30)(H,29,31). The summed E-state index contributed by atoms with van der Waals surface area (Å²) < 4.78 is 24.2. The summed E-state index contributed by atoms with van der Waals surface area (Å²) in [7, 11) is 1.50. The van der Waals surface area contributed by atoms with Crippen LogP contribution in [0.5, 0.6) is 11.5 Å². The van der Waals surface area contributed by atoms with Crippen LogP contribution in [0, 0.1) is 5.82 Å². The summed E-state index contributed by atoms with van der Waals surface area (Å²) in [6.45, 7) is 1.91. The SMILES string of the molecule is COc1cc(C(C)=NNC(=O)C(=O)Nc2ccc(Cl)cc2)ccc1OCc1ccc(F)cc1. The van der Waals surface area contributed by atoms with E-state index in [1.165, 1.54) is 19.2 Å². The van der Waals surface area contributed by atoms with Gasteiger partial charge in [-0.3, -0.25) is 9.59 Å². The molecule has 3 rings (SSSR count). The fraction of sp³-hybridized carbons (Fsp3) is 0.125. The topological polar surface area (TPSA) is 89.0 Å². The van der Waals surface area contributed by atoms with E-state index in [1.54, 1.807) is 61.5 Å². The molecule has 0 saturated carbocycles. The number of hydrazone groups is 1. The molecule has 0 atom stereocenters. The number of nitrogens with one attached hydrogen (secondary N) is 2. The van der Waals surface area contributed by atoms with Gasteiger partial charge in [0.2, 0.25) is 0 Å². The van der Waals surface area contributed by atoms with Gasteiger partial charge in [0.05, 0.1) is 12.8 Å². The first-order valence-corrected chi connectivity index (χ1v) is 10.2. The molecule has 0 spiro atoms. The molecule has 2 amide bonds. The fourth-order valence-corrected chi connectivity index (χ4v) is 2.85. The van der Waals surface area contributed by atoms with Crippen molar-refractivity contribution in [1.82, 2.24) is 5.43 Å². The van der Waals surface area contributed by atoms with Crippen LogP contribution in [0.15, 0.2) is 71.8 Å². The van der Waals surface area contributed by atoms with Crippen molar-refractivity contribution in [2.75, 3.05) is 12.4 Å². The van der Waals surface area contributed by atoms with Crippen LogP contribution in [0.3, 0.4) is 0 Å². The Balaban J connectivity index is 1.61. The van der Waals surface area contributed by atoms with E-state index in [-0.39, 0.29) is 12.4 Å². The van der Waals surface area contributed by atoms with Gasteiger partial charge in [0.15, 0.2) is 11.5 Å². The minimum absolute atomic E-state index is 0.238. The molecule has 0 aliphatic rings. The molecule has 2 N–H and O–H groups in total. The molecule has 7 nitrogen and oxygen atoms in total. The number of anilines is 1. The van der Waals surface area contributed by atoms with Crippen LogP contribution in [0.2, 0.25) is 5.02 Å². The van der Waals surface area contributed by atoms with E-state index in [1.807, 2.05) is 0 Å². The van der Waals surface area contributed by atoms with Gasteiger partial charge in [-0.05, 0) is 67.1 Å². The lowest BCUT2D eigenvalue weighted by molar-refractivity contribution is -0.136. The van der Waals surface area contributed by atoms with Gasteiger partial charge in [-0.25, -0.2) is 9.82 Å². The summed E-state index contributed by atoms with van der Waals surface area (Å²) in [6.07, 6.45) is 0. The summed E-state index contributed by atoms with van der Waals surface area (Å²) in [5, 5.41) is 6.95. The summed E-state index contributed by atoms with van der Waals surface area (Å²) in [5.74, 6) is -1.16. The monoisotopic (exact) mass is 469 g/mol. The molecular weight excluding hydrogens is 449 g/mol. The Hall–Kier alpha value is -3.91. The van der Waals surface area contributed by atoms with Gasteiger partial charge >= 0.3 is 11.8 Å². The lowest BCUT2D eigenvalue weighted by Gasteiger charge is -2.12. The van der Waals surface area contributed by atoms with E-state index < -0.39 is 11.8 Å². The largest absolute Gasteiger partial charge is 0.493 e. The predicted molar refractivity (Wildman–Crippen MR) is 124 cm³/mol. The maximum Gasteiger partial charge on any atom is 0.329 e. The number of carbonyl (C=O) groups excluding carboxylic acids is 2. The molecule has 0 aromatic heterocycles. The van der Waals surface area contributed by atoms with E-state index in [2.05, 4.69) is 15.8 Å². The van der Waals surface area contributed by atoms with Gasteiger partial charge in [-0.2, -0.15) is 5.10 Å². The van der Waals surface area contributed by atoms with Crippen molar-refractivity contribution in [2.45, 2.75) is 13.5 Å². The average molecular weight is 470 g/mol. The molecule has 170 valence electrons. The van der Waals surface area contributed by atoms with Crippen LogP contribution < -0.4 is 20.2 Å². The summed E-state index contributed by atoms with van der Waals surface area (Å²) in [4.78, 5) is 24.1. The smallest absolute Gasteiger partial charge is 0.329 e. The van der Waals surface area contributed by atoms with Gasteiger partial charge < -0.3 is 14.8 Å². The molecule has 0 unspecified atom stereocenters. The van der Waals surface area contributed by atoms with Crippen molar-refractivity contribution in [2.24, 2.45) is 5.10 Å². The second-order valence-electron chi connectivity index (χ2n) is 6.88. The molecule has 3 aromatic rings. The van der Waals surface area contributed by atoms with Crippen molar-refractivity contribution in [3.8, 4) is 11.5 Å². The van der Waals surface area contributed by atoms with Crippen molar-refractivity contribution in [1.29, 1.82) is 0 Å². The van der Waals surface area contributed by atoms with Gasteiger partial charge in [-0.1, -0.05) is 23.7 Å². The van der Waals surface area contributed by atoms with Crippen LogP contribution in [0.1, 0.15) is 18.1 Å². The van der Waals surface area contributed by atoms with E-state index in [0.29, 0.717) is 33.5 Å². The number of hydrogen-bond donors (Lipinski definition) is 2. The van der Waals surface area contributed by atoms with Crippen molar-refractivity contribution >= 4 is 34.8 Å². The number of nitrogens with zero attached hydrogens (tertiary/aromatic N) is 1. The number of benzene rings is 3. The van der Waals surface area contributed by atoms with Crippen LogP contribution >= 0.6 is 11.6 Å². The minimum atomic E-state index is -0.921. The maximum atomic E-state index is 13.0. The average Bonchev–Trinajstić information content (AvgIpc) is 2.83. The molecule has 3 aromatic carbocycles. The Morgan fingerprint density at radius 1 is 0.970 bits per heavy atom. The predicted octanol–water partition coefficient (Wildman–Crippen LogP) is 4.55. The first-order valence-electron chi connectivity index (χ1n) is 9.82. The molecule has 0 saturated heterocycles. The highest BCUT2D eigenvalue weighted by molar-refractivity contribution is 6.39. The van der Waals surface area contributed by atoms with Gasteiger partial charge in [0, 0.05) is 16.3 Å². The Kier molecular flexibility index (Phi) is 7.99. The number of ether oxygens (including phenoxy) is 2. The molecular formula is C24H21ClFN3O4. The van der Waals surface area contributed by atoms with Crippen LogP contribution in [-0.4, -0.2) is 24.6 Å². The number of amides is 2. The highest BCUT2D eigenvalue weighted by Gasteiger charge is 2.14. The lowest BCUT2D eigenvalue weighted by atomic mass is 10.1. The molecule has 0 aliphatic carbocycles. The third-order valence-corrected chi connectivity index (χ3v) is 4.77. The van der Waals surface area contributed by atoms with E-state index in [0.717, 1.165) is 5.56 Å². The van der Waals surface area contributed by atoms with Crippen molar-refractivity contribution in [3.05, 3.63) is 88.7 Å². The van der Waals surface area contributed by atoms with Crippen LogP contribution in [0.4, 0.5) is 10.1 Å². The maximum absolute atomic E-state index is 13.0. The lowest BCUT2D eigenvalue weighted by Crippen LogP contribution is -2.32. The highest BCUT2D eigenvalue weighted by atomic mass is 35.5. The number of halogens is 2. The quantitative estimate of drug-likeness (QED) is 0.302. The van der Waals surface area contributed by atoms with Gasteiger partial charge in [-0.15, -0.1) is 0 Å². The third kappa shape index (κ3) is 6.78. The van der Waals surface area contributed by atoms with Gasteiger partial charge in [0.25, 0.3) is 0 Å². The van der Waals surface area contributed by atoms with Crippen molar-refractivity contribution in [3.63, 3.8) is 0 Å². The zero-order valence-electron chi connectivity index (χ0n) is 17.9. The molecule has 0 fully saturated rings. The number of methoxy groups -OCH3 is 1. The number of hydrogen-bond acceptors (Lipinski definition) is 5. The summed E-state index contributed by atoms with van der Waals surface area (Å²) in [5.41, 5.74) is 4.56. The number of carbonyl (C=O) groups is 2. The van der Waals surface area contributed by atoms with Crippen LogP contribution in [0.25, 0.3) is 0 Å². The summed E-state index contributed by atoms with van der Waals surface area (Å²) >= 11 is 5.80. The number of rotatable bonds is 7. The highest BCUT2D eigenvalue weighted by Crippen LogP contribution is 2.29. The Morgan fingerprint density at radius 2 is 1.67 bits per heavy atom. The molecule has 0 radical (unpaired) electrons. The van der Waals surface area contributed by atoms with E-state index >= 15 is 0 Å². The second kappa shape index (κ2) is 11.1. The zero-order chi connectivity index (χ0) is 23.8. The first-order chi connectivity index (χ1) is 15.9. The molecule has 0 aliphatic heterocycles. The van der Waals surface area contributed by atoms with Crippen molar-refractivity contribution < 1.29 is 23.5 Å². The summed E-state index contributed by atoms with van der Waals surface area (Å²) in [6, 6.07) is 17.5. The molecule has 0 heterocycles. The van der Waals surface area contributed by atoms with E-state index in [9.17, 15) is 14.0 Å². The molecule has 0 bridgehead atoms. The van der Waals surface area contributed by atoms with Gasteiger partial charge in [0.1, 0.15) is 12.4 Å². The third-order valence-electron chi connectivity index (χ3n) is 4.52. The Labute approximate surface area is 195 Å². The van der Waals surface area contributed by atoms with E-state index in [4.69, 9.17) is 21.1 Å². The second-order valence-corrected chi connectivity index (χ2v) is 7.32. The van der Waals surface area contributed by atoms with Crippen LogP contribution in [-0.2, 0) is 16.2 Å². The minimum Gasteiger partial charge on any atom is -0.493 e. The molecule has 33 heavy (non-hydrogen) atoms. The fourth-order valence-electron chi connectivity index (χ4n) is 2.72. The molecule has 9 heteroatoms. The zero-order valence-corrected chi connectivity index (χ0v) is 18.7.